The molecule has 0 radical (unpaired) electrons. The molecule has 0 spiro atoms. The number of nitrogens with one attached hydrogen (secondary N) is 1. The lowest BCUT2D eigenvalue weighted by molar-refractivity contribution is 0.0205. The molecule has 282 valence electrons. The Bertz CT molecular complexity index is 1640. The SMILES string of the molecule is C=C1[C@H](CC(O[SiH](CC)CC)C(C)(C)C)[C@@H](C(C)(C)C)C[C@@]1(O[SiH](C)C)n1cnc2c(OCc3ccccc3)nc(NC(=O)OC(C)(C)C)nc21. The minimum atomic E-state index is -1.69. The molecule has 0 saturated heterocycles. The van der Waals surface area contributed by atoms with Crippen LogP contribution in [0, 0.1) is 22.7 Å². The molecule has 10 nitrogen and oxygen atoms in total. The quantitative estimate of drug-likeness (QED) is 0.137. The van der Waals surface area contributed by atoms with Crippen LogP contribution in [0.3, 0.4) is 0 Å². The molecule has 1 unspecified atom stereocenters. The highest BCUT2D eigenvalue weighted by atomic mass is 28.3. The van der Waals surface area contributed by atoms with Crippen molar-refractivity contribution in [1.82, 2.24) is 19.5 Å². The lowest BCUT2D eigenvalue weighted by Crippen LogP contribution is -2.40. The fraction of sp³-hybridized carbons (Fsp3) is 0.641. The number of nitrogens with zero attached hydrogens (tertiary/aromatic N) is 4. The Balaban J connectivity index is 1.88. The zero-order chi connectivity index (χ0) is 37.9. The molecule has 1 amide bonds. The molecular weight excluding hydrogens is 675 g/mol. The summed E-state index contributed by atoms with van der Waals surface area (Å²) in [4.78, 5) is 27.4. The number of anilines is 1. The second-order valence-electron chi connectivity index (χ2n) is 17.5. The average Bonchev–Trinajstić information content (AvgIpc) is 3.56. The maximum absolute atomic E-state index is 13.0. The topological polar surface area (TPSA) is 110 Å². The van der Waals surface area contributed by atoms with Crippen molar-refractivity contribution >= 4 is 41.3 Å². The second kappa shape index (κ2) is 15.9. The number of hydrogen-bond acceptors (Lipinski definition) is 8. The Kier molecular flexibility index (Phi) is 12.7. The summed E-state index contributed by atoms with van der Waals surface area (Å²) >= 11 is 0. The van der Waals surface area contributed by atoms with E-state index in [0.29, 0.717) is 17.6 Å². The number of amides is 1. The Hall–Kier alpha value is -3.07. The summed E-state index contributed by atoms with van der Waals surface area (Å²) in [5.74, 6) is 0.677. The Labute approximate surface area is 309 Å². The third-order valence-electron chi connectivity index (χ3n) is 9.76. The van der Waals surface area contributed by atoms with Crippen molar-refractivity contribution in [2.45, 2.75) is 138 Å². The molecule has 1 aromatic carbocycles. The van der Waals surface area contributed by atoms with Gasteiger partial charge in [-0.3, -0.25) is 9.88 Å². The van der Waals surface area contributed by atoms with Crippen molar-refractivity contribution in [2.24, 2.45) is 22.7 Å². The number of rotatable bonds is 13. The van der Waals surface area contributed by atoms with Crippen LogP contribution in [0.1, 0.15) is 94.6 Å². The van der Waals surface area contributed by atoms with Gasteiger partial charge in [0.05, 0.1) is 12.4 Å². The Morgan fingerprint density at radius 1 is 1.04 bits per heavy atom. The summed E-state index contributed by atoms with van der Waals surface area (Å²) in [6.45, 7) is 33.3. The van der Waals surface area contributed by atoms with E-state index in [9.17, 15) is 4.79 Å². The van der Waals surface area contributed by atoms with Gasteiger partial charge in [0, 0.05) is 6.42 Å². The Morgan fingerprint density at radius 3 is 2.24 bits per heavy atom. The highest BCUT2D eigenvalue weighted by Gasteiger charge is 2.55. The molecular formula is C39H63N5O5Si2. The normalized spacial score (nSPS) is 20.7. The Morgan fingerprint density at radius 2 is 1.69 bits per heavy atom. The summed E-state index contributed by atoms with van der Waals surface area (Å²) < 4.78 is 28.1. The predicted octanol–water partition coefficient (Wildman–Crippen LogP) is 9.23. The van der Waals surface area contributed by atoms with Crippen molar-refractivity contribution in [1.29, 1.82) is 0 Å². The lowest BCUT2D eigenvalue weighted by atomic mass is 9.70. The van der Waals surface area contributed by atoms with E-state index < -0.39 is 35.5 Å². The van der Waals surface area contributed by atoms with Gasteiger partial charge in [-0.25, -0.2) is 9.78 Å². The average molecular weight is 738 g/mol. The number of carbonyl (C=O) groups is 1. The van der Waals surface area contributed by atoms with Gasteiger partial charge < -0.3 is 18.3 Å². The number of hydrogen-bond donors (Lipinski definition) is 1. The predicted molar refractivity (Wildman–Crippen MR) is 211 cm³/mol. The van der Waals surface area contributed by atoms with E-state index in [1.807, 2.05) is 55.7 Å². The van der Waals surface area contributed by atoms with Gasteiger partial charge in [0.1, 0.15) is 12.2 Å². The molecule has 1 saturated carbocycles. The summed E-state index contributed by atoms with van der Waals surface area (Å²) in [5.41, 5.74) is 1.25. The van der Waals surface area contributed by atoms with Crippen LogP contribution in [0.5, 0.6) is 5.88 Å². The highest BCUT2D eigenvalue weighted by Crippen LogP contribution is 2.57. The van der Waals surface area contributed by atoms with E-state index in [0.717, 1.165) is 29.6 Å². The van der Waals surface area contributed by atoms with Crippen molar-refractivity contribution < 1.29 is 23.1 Å². The molecule has 0 bridgehead atoms. The zero-order valence-corrected chi connectivity index (χ0v) is 35.7. The number of aromatic nitrogens is 4. The first-order chi connectivity index (χ1) is 23.7. The van der Waals surface area contributed by atoms with E-state index in [-0.39, 0.29) is 47.2 Å². The van der Waals surface area contributed by atoms with E-state index in [2.05, 4.69) is 78.8 Å². The lowest BCUT2D eigenvalue weighted by Gasteiger charge is -2.39. The molecule has 2 heterocycles. The first-order valence-corrected chi connectivity index (χ1v) is 23.5. The second-order valence-corrected chi connectivity index (χ2v) is 22.9. The fourth-order valence-electron chi connectivity index (χ4n) is 7.12. The van der Waals surface area contributed by atoms with Crippen LogP contribution in [-0.4, -0.2) is 55.4 Å². The molecule has 12 heteroatoms. The van der Waals surface area contributed by atoms with Crippen molar-refractivity contribution in [3.8, 4) is 5.88 Å². The molecule has 1 fully saturated rings. The van der Waals surface area contributed by atoms with E-state index in [4.69, 9.17) is 34.9 Å². The van der Waals surface area contributed by atoms with Gasteiger partial charge in [-0.05, 0) is 86.2 Å². The summed E-state index contributed by atoms with van der Waals surface area (Å²) in [5, 5.41) is 2.74. The van der Waals surface area contributed by atoms with Crippen molar-refractivity contribution in [2.75, 3.05) is 5.32 Å². The maximum Gasteiger partial charge on any atom is 0.414 e. The first-order valence-electron chi connectivity index (χ1n) is 18.6. The van der Waals surface area contributed by atoms with Crippen molar-refractivity contribution in [3.63, 3.8) is 0 Å². The zero-order valence-electron chi connectivity index (χ0n) is 33.4. The van der Waals surface area contributed by atoms with Crippen LogP contribution >= 0.6 is 0 Å². The number of imidazole rings is 1. The van der Waals surface area contributed by atoms with Crippen LogP contribution < -0.4 is 10.1 Å². The number of ether oxygens (including phenoxy) is 2. The highest BCUT2D eigenvalue weighted by molar-refractivity contribution is 6.51. The fourth-order valence-corrected chi connectivity index (χ4v) is 10.2. The number of fused-ring (bicyclic) bond motifs is 1. The van der Waals surface area contributed by atoms with Crippen molar-refractivity contribution in [3.05, 3.63) is 54.4 Å². The molecule has 2 aromatic heterocycles. The molecule has 4 atom stereocenters. The summed E-state index contributed by atoms with van der Waals surface area (Å²) in [7, 11) is -3.04. The van der Waals surface area contributed by atoms with Crippen LogP contribution in [-0.2, 0) is 25.9 Å². The standard InChI is InChI=1S/C39H63N5O5Si2/c1-15-51(16-2)48-30(37(7,8)9)22-28-26(3)39(49-50(13)14,23-29(28)36(4,5)6)44-25-40-31-32(44)41-34(43-35(45)47-38(10,11)12)42-33(31)46-24-27-20-18-17-19-21-27/h17-21,25,28-30,50-51H,3,15-16,22-24H2,1-2,4-14H3,(H,41,42,43,45)/t28-,29-,30?,39-/m0/s1. The number of benzene rings is 1. The molecule has 3 aromatic rings. The van der Waals surface area contributed by atoms with Gasteiger partial charge in [-0.15, -0.1) is 0 Å². The van der Waals surface area contributed by atoms with E-state index in [1.165, 1.54) is 0 Å². The smallest absolute Gasteiger partial charge is 0.414 e. The van der Waals surface area contributed by atoms with Gasteiger partial charge in [0.2, 0.25) is 11.8 Å². The third-order valence-corrected chi connectivity index (χ3v) is 13.2. The largest absolute Gasteiger partial charge is 0.471 e. The number of carbonyl (C=O) groups excluding carboxylic acids is 1. The molecule has 0 aliphatic heterocycles. The monoisotopic (exact) mass is 737 g/mol. The molecule has 51 heavy (non-hydrogen) atoms. The van der Waals surface area contributed by atoms with Crippen LogP contribution in [0.25, 0.3) is 11.2 Å². The van der Waals surface area contributed by atoms with Gasteiger partial charge in [0.15, 0.2) is 35.0 Å². The van der Waals surface area contributed by atoms with E-state index >= 15 is 0 Å². The molecule has 1 N–H and O–H groups in total. The van der Waals surface area contributed by atoms with Crippen LogP contribution in [0.15, 0.2) is 48.8 Å². The maximum atomic E-state index is 13.0. The van der Waals surface area contributed by atoms with Crippen LogP contribution in [0.2, 0.25) is 25.2 Å². The first kappa shape index (κ1) is 40.7. The van der Waals surface area contributed by atoms with Gasteiger partial charge in [-0.2, -0.15) is 9.97 Å². The summed E-state index contributed by atoms with van der Waals surface area (Å²) in [6.07, 6.45) is 2.77. The van der Waals surface area contributed by atoms with Gasteiger partial charge in [0.25, 0.3) is 0 Å². The van der Waals surface area contributed by atoms with Gasteiger partial charge >= 0.3 is 6.09 Å². The molecule has 4 rings (SSSR count). The van der Waals surface area contributed by atoms with Crippen LogP contribution in [0.4, 0.5) is 10.7 Å². The minimum Gasteiger partial charge on any atom is -0.471 e. The third kappa shape index (κ3) is 9.88. The summed E-state index contributed by atoms with van der Waals surface area (Å²) in [6, 6.07) is 12.1. The molecule has 1 aliphatic rings. The molecule has 1 aliphatic carbocycles. The minimum absolute atomic E-state index is 0.0423. The van der Waals surface area contributed by atoms with E-state index in [1.54, 1.807) is 6.33 Å². The van der Waals surface area contributed by atoms with Gasteiger partial charge in [-0.1, -0.05) is 92.3 Å².